The van der Waals surface area contributed by atoms with Crippen LogP contribution < -0.4 is 0 Å². The third-order valence-electron chi connectivity index (χ3n) is 1.02. The van der Waals surface area contributed by atoms with Gasteiger partial charge in [0.15, 0.2) is 0 Å². The number of carbonyl (C=O) groups is 1. The second-order valence-corrected chi connectivity index (χ2v) is 1.93. The molecule has 2 heteroatoms. The summed E-state index contributed by atoms with van der Waals surface area (Å²) in [6.45, 7) is 6.70. The van der Waals surface area contributed by atoms with Gasteiger partial charge in [-0.1, -0.05) is 13.5 Å². The van der Waals surface area contributed by atoms with Gasteiger partial charge in [-0.2, -0.15) is 0 Å². The first-order valence-corrected chi connectivity index (χ1v) is 3.23. The lowest BCUT2D eigenvalue weighted by molar-refractivity contribution is -0.144. The van der Waals surface area contributed by atoms with E-state index in [0.29, 0.717) is 0 Å². The van der Waals surface area contributed by atoms with Crippen LogP contribution in [0.1, 0.15) is 20.3 Å². The summed E-state index contributed by atoms with van der Waals surface area (Å²) >= 11 is 0. The zero-order chi connectivity index (χ0) is 7.98. The first-order chi connectivity index (χ1) is 4.70. The maximum absolute atomic E-state index is 10.4. The van der Waals surface area contributed by atoms with Crippen molar-refractivity contribution < 1.29 is 9.53 Å². The van der Waals surface area contributed by atoms with E-state index in [9.17, 15) is 4.79 Å². The van der Waals surface area contributed by atoms with Gasteiger partial charge in [0, 0.05) is 6.92 Å². The zero-order valence-electron chi connectivity index (χ0n) is 6.39. The minimum absolute atomic E-state index is 0.157. The monoisotopic (exact) mass is 140 g/mol. The van der Waals surface area contributed by atoms with Crippen LogP contribution in [0.5, 0.6) is 0 Å². The van der Waals surface area contributed by atoms with Crippen LogP contribution in [-0.4, -0.2) is 12.1 Å². The van der Waals surface area contributed by atoms with Crippen LogP contribution in [0.4, 0.5) is 0 Å². The van der Waals surface area contributed by atoms with Crippen LogP contribution in [0.2, 0.25) is 0 Å². The lowest BCUT2D eigenvalue weighted by Gasteiger charge is -2.07. The summed E-state index contributed by atoms with van der Waals surface area (Å²) in [7, 11) is 0. The van der Waals surface area contributed by atoms with E-state index in [2.05, 4.69) is 12.3 Å². The first-order valence-electron chi connectivity index (χ1n) is 3.23. The van der Waals surface area contributed by atoms with E-state index in [1.54, 1.807) is 6.08 Å². The van der Waals surface area contributed by atoms with E-state index >= 15 is 0 Å². The maximum atomic E-state index is 10.4. The van der Waals surface area contributed by atoms with E-state index in [1.165, 1.54) is 6.92 Å². The maximum Gasteiger partial charge on any atom is 0.303 e. The predicted octanol–water partition coefficient (Wildman–Crippen LogP) is 1.67. The molecule has 0 N–H and O–H groups in total. The Labute approximate surface area is 61.2 Å². The minimum Gasteiger partial charge on any atom is -0.458 e. The summed E-state index contributed by atoms with van der Waals surface area (Å²) in [5.74, 6) is -0.265. The average Bonchev–Trinajstić information content (AvgIpc) is 1.86. The predicted molar refractivity (Wildman–Crippen MR) is 39.6 cm³/mol. The highest BCUT2D eigenvalue weighted by Gasteiger charge is 2.02. The van der Waals surface area contributed by atoms with Gasteiger partial charge in [-0.05, 0) is 12.5 Å². The molecule has 2 nitrogen and oxygen atoms in total. The summed E-state index contributed by atoms with van der Waals surface area (Å²) in [5.41, 5.74) is 2.57. The molecule has 0 radical (unpaired) electrons. The second kappa shape index (κ2) is 4.83. The van der Waals surface area contributed by atoms with Crippen LogP contribution in [0, 0.1) is 0 Å². The fraction of sp³-hybridized carbons (Fsp3) is 0.500. The van der Waals surface area contributed by atoms with Gasteiger partial charge >= 0.3 is 5.97 Å². The number of esters is 1. The Morgan fingerprint density at radius 3 is 2.80 bits per heavy atom. The van der Waals surface area contributed by atoms with Gasteiger partial charge in [0.2, 0.25) is 0 Å². The number of hydrogen-bond acceptors (Lipinski definition) is 2. The highest BCUT2D eigenvalue weighted by atomic mass is 16.5. The molecule has 10 heavy (non-hydrogen) atoms. The summed E-state index contributed by atoms with van der Waals surface area (Å²) in [6, 6.07) is 0. The van der Waals surface area contributed by atoms with Crippen LogP contribution in [0.3, 0.4) is 0 Å². The molecule has 0 amide bonds. The quantitative estimate of drug-likeness (QED) is 0.440. The molecular weight excluding hydrogens is 128 g/mol. The molecule has 0 aromatic rings. The van der Waals surface area contributed by atoms with E-state index < -0.39 is 0 Å². The molecule has 0 rings (SSSR count). The molecule has 0 fully saturated rings. The van der Waals surface area contributed by atoms with Gasteiger partial charge in [-0.25, -0.2) is 0 Å². The molecule has 1 unspecified atom stereocenters. The molecule has 0 saturated heterocycles. The Morgan fingerprint density at radius 2 is 2.50 bits per heavy atom. The Bertz CT molecular complexity index is 155. The van der Waals surface area contributed by atoms with Gasteiger partial charge in [-0.15, -0.1) is 5.73 Å². The lowest BCUT2D eigenvalue weighted by atomic mass is 10.3. The molecule has 0 saturated carbocycles. The van der Waals surface area contributed by atoms with Crippen molar-refractivity contribution in [3.05, 3.63) is 18.4 Å². The summed E-state index contributed by atoms with van der Waals surface area (Å²) in [5, 5.41) is 0. The van der Waals surface area contributed by atoms with Gasteiger partial charge < -0.3 is 4.74 Å². The van der Waals surface area contributed by atoms with Crippen molar-refractivity contribution >= 4 is 5.97 Å². The standard InChI is InChI=1S/C8H12O2/c1-4-6-8(5-2)10-7(3)9/h6,8H,1,5H2,2-3H3. The van der Waals surface area contributed by atoms with Gasteiger partial charge in [-0.3, -0.25) is 4.79 Å². The van der Waals surface area contributed by atoms with Gasteiger partial charge in [0.25, 0.3) is 0 Å². The molecule has 0 aromatic heterocycles. The Hall–Kier alpha value is -1.01. The third-order valence-corrected chi connectivity index (χ3v) is 1.02. The van der Waals surface area contributed by atoms with E-state index in [1.807, 2.05) is 6.92 Å². The minimum atomic E-state index is -0.265. The largest absolute Gasteiger partial charge is 0.458 e. The van der Waals surface area contributed by atoms with Crippen molar-refractivity contribution in [3.8, 4) is 0 Å². The van der Waals surface area contributed by atoms with Crippen LogP contribution in [0.25, 0.3) is 0 Å². The van der Waals surface area contributed by atoms with E-state index in [-0.39, 0.29) is 12.1 Å². The highest BCUT2D eigenvalue weighted by molar-refractivity contribution is 5.66. The Balaban J connectivity index is 3.82. The van der Waals surface area contributed by atoms with Gasteiger partial charge in [0.05, 0.1) is 0 Å². The van der Waals surface area contributed by atoms with Crippen molar-refractivity contribution in [2.75, 3.05) is 0 Å². The topological polar surface area (TPSA) is 26.3 Å². The molecule has 0 aliphatic heterocycles. The Kier molecular flexibility index (Phi) is 4.34. The normalized spacial score (nSPS) is 11.4. The molecule has 56 valence electrons. The van der Waals surface area contributed by atoms with Crippen molar-refractivity contribution in [1.82, 2.24) is 0 Å². The van der Waals surface area contributed by atoms with Gasteiger partial charge in [0.1, 0.15) is 6.10 Å². The van der Waals surface area contributed by atoms with Crippen LogP contribution in [-0.2, 0) is 9.53 Å². The van der Waals surface area contributed by atoms with Crippen molar-refractivity contribution in [2.24, 2.45) is 0 Å². The van der Waals surface area contributed by atoms with Crippen molar-refractivity contribution in [2.45, 2.75) is 26.4 Å². The highest BCUT2D eigenvalue weighted by Crippen LogP contribution is 1.98. The molecule has 0 bridgehead atoms. The van der Waals surface area contributed by atoms with Crippen molar-refractivity contribution in [1.29, 1.82) is 0 Å². The van der Waals surface area contributed by atoms with Crippen molar-refractivity contribution in [3.63, 3.8) is 0 Å². The lowest BCUT2D eigenvalue weighted by Crippen LogP contribution is -2.11. The summed E-state index contributed by atoms with van der Waals surface area (Å²) < 4.78 is 4.84. The second-order valence-electron chi connectivity index (χ2n) is 1.93. The molecule has 0 aromatic carbocycles. The molecule has 0 aliphatic rings. The first kappa shape index (κ1) is 8.99. The average molecular weight is 140 g/mol. The molecule has 0 heterocycles. The fourth-order valence-corrected chi connectivity index (χ4v) is 0.580. The molecule has 1 atom stereocenters. The number of rotatable bonds is 3. The molecular formula is C8H12O2. The number of carbonyl (C=O) groups excluding carboxylic acids is 1. The van der Waals surface area contributed by atoms with E-state index in [0.717, 1.165) is 6.42 Å². The Morgan fingerprint density at radius 1 is 1.90 bits per heavy atom. The molecule has 0 spiro atoms. The van der Waals surface area contributed by atoms with E-state index in [4.69, 9.17) is 4.74 Å². The number of ether oxygens (including phenoxy) is 1. The third kappa shape index (κ3) is 3.93. The smallest absolute Gasteiger partial charge is 0.303 e. The molecule has 0 aliphatic carbocycles. The fourth-order valence-electron chi connectivity index (χ4n) is 0.580. The SMILES string of the molecule is C=C=CC(CC)OC(C)=O. The number of hydrogen-bond donors (Lipinski definition) is 0. The zero-order valence-corrected chi connectivity index (χ0v) is 6.39. The summed E-state index contributed by atoms with van der Waals surface area (Å²) in [4.78, 5) is 10.4. The summed E-state index contributed by atoms with van der Waals surface area (Å²) in [6.07, 6.45) is 2.25. The van der Waals surface area contributed by atoms with Crippen LogP contribution >= 0.6 is 0 Å². The van der Waals surface area contributed by atoms with Crippen LogP contribution in [0.15, 0.2) is 18.4 Å².